The van der Waals surface area contributed by atoms with Gasteiger partial charge in [0.2, 0.25) is 0 Å². The average molecular weight is 376 g/mol. The molecule has 7 nitrogen and oxygen atoms in total. The quantitative estimate of drug-likeness (QED) is 0.370. The van der Waals surface area contributed by atoms with Crippen LogP contribution in [0.5, 0.6) is 0 Å². The number of unbranched alkanes of at least 4 members (excludes halogenated alkanes) is 1. The lowest BCUT2D eigenvalue weighted by atomic mass is 10.00. The third-order valence-electron chi connectivity index (χ3n) is 3.49. The van der Waals surface area contributed by atoms with Gasteiger partial charge in [-0.2, -0.15) is 0 Å². The molecular weight excluding hydrogens is 338 g/mol. The van der Waals surface area contributed by atoms with Gasteiger partial charge in [0.1, 0.15) is 12.2 Å². The van der Waals surface area contributed by atoms with Crippen LogP contribution in [0.1, 0.15) is 60.3 Å². The second-order valence-electron chi connectivity index (χ2n) is 7.07. The summed E-state index contributed by atoms with van der Waals surface area (Å²) in [5.74, 6) is -0.134. The minimum Gasteiger partial charge on any atom is -0.463 e. The second-order valence-corrected chi connectivity index (χ2v) is 7.07. The van der Waals surface area contributed by atoms with Crippen molar-refractivity contribution in [1.29, 1.82) is 0 Å². The maximum atomic E-state index is 11.9. The van der Waals surface area contributed by atoms with E-state index >= 15 is 0 Å². The van der Waals surface area contributed by atoms with Crippen LogP contribution in [-0.2, 0) is 23.7 Å². The van der Waals surface area contributed by atoms with E-state index in [-0.39, 0.29) is 18.5 Å². The van der Waals surface area contributed by atoms with Crippen molar-refractivity contribution in [2.24, 2.45) is 5.92 Å². The van der Waals surface area contributed by atoms with Crippen molar-refractivity contribution in [2.45, 2.75) is 65.9 Å². The van der Waals surface area contributed by atoms with Gasteiger partial charge in [-0.15, -0.1) is 0 Å². The van der Waals surface area contributed by atoms with Crippen LogP contribution in [0.25, 0.3) is 0 Å². The van der Waals surface area contributed by atoms with E-state index in [0.29, 0.717) is 33.0 Å². The molecule has 0 aromatic carbocycles. The highest BCUT2D eigenvalue weighted by Gasteiger charge is 2.17. The zero-order valence-corrected chi connectivity index (χ0v) is 17.1. The molecule has 154 valence electrons. The lowest BCUT2D eigenvalue weighted by molar-refractivity contribution is -0.150. The van der Waals surface area contributed by atoms with Crippen molar-refractivity contribution in [3.05, 3.63) is 0 Å². The van der Waals surface area contributed by atoms with Crippen LogP contribution in [0, 0.1) is 5.92 Å². The fourth-order valence-electron chi connectivity index (χ4n) is 2.12. The zero-order valence-electron chi connectivity index (χ0n) is 17.1. The van der Waals surface area contributed by atoms with Crippen LogP contribution in [0.2, 0.25) is 0 Å². The Morgan fingerprint density at radius 3 is 2.15 bits per heavy atom. The molecule has 1 amide bonds. The van der Waals surface area contributed by atoms with Gasteiger partial charge < -0.3 is 24.3 Å². The number of alkyl carbamates (subject to hydrolysis) is 1. The van der Waals surface area contributed by atoms with Crippen LogP contribution in [0.3, 0.4) is 0 Å². The van der Waals surface area contributed by atoms with Gasteiger partial charge in [0.05, 0.1) is 32.3 Å². The molecule has 0 rings (SSSR count). The Hall–Kier alpha value is -1.34. The van der Waals surface area contributed by atoms with Crippen molar-refractivity contribution in [2.75, 3.05) is 39.6 Å². The van der Waals surface area contributed by atoms with Gasteiger partial charge in [0.25, 0.3) is 0 Å². The Morgan fingerprint density at radius 1 is 0.962 bits per heavy atom. The van der Waals surface area contributed by atoms with E-state index in [9.17, 15) is 9.59 Å². The molecule has 0 spiro atoms. The highest BCUT2D eigenvalue weighted by atomic mass is 16.6. The summed E-state index contributed by atoms with van der Waals surface area (Å²) >= 11 is 0. The molecule has 0 aliphatic carbocycles. The molecule has 0 heterocycles. The average Bonchev–Trinajstić information content (AvgIpc) is 2.55. The largest absolute Gasteiger partial charge is 0.463 e. The number of rotatable bonds is 14. The van der Waals surface area contributed by atoms with Gasteiger partial charge in [-0.05, 0) is 33.6 Å². The van der Waals surface area contributed by atoms with Crippen molar-refractivity contribution < 1.29 is 28.5 Å². The molecule has 0 aliphatic rings. The molecule has 0 saturated carbocycles. The molecule has 0 fully saturated rings. The fourth-order valence-corrected chi connectivity index (χ4v) is 2.12. The summed E-state index contributed by atoms with van der Waals surface area (Å²) in [6, 6.07) is 0. The topological polar surface area (TPSA) is 83.1 Å². The smallest absolute Gasteiger partial charge is 0.407 e. The molecule has 0 bridgehead atoms. The molecule has 1 unspecified atom stereocenters. The number of ether oxygens (including phenoxy) is 4. The van der Waals surface area contributed by atoms with Crippen LogP contribution in [0.4, 0.5) is 4.79 Å². The van der Waals surface area contributed by atoms with Crippen LogP contribution in [0.15, 0.2) is 0 Å². The Bertz CT molecular complexity index is 381. The van der Waals surface area contributed by atoms with Gasteiger partial charge in [-0.3, -0.25) is 4.79 Å². The summed E-state index contributed by atoms with van der Waals surface area (Å²) in [6.45, 7) is 11.8. The summed E-state index contributed by atoms with van der Waals surface area (Å²) in [7, 11) is 0. The van der Waals surface area contributed by atoms with Crippen LogP contribution in [-0.4, -0.2) is 57.2 Å². The summed E-state index contributed by atoms with van der Waals surface area (Å²) in [6.07, 6.45) is 3.37. The van der Waals surface area contributed by atoms with Crippen molar-refractivity contribution in [3.8, 4) is 0 Å². The van der Waals surface area contributed by atoms with Crippen molar-refractivity contribution in [1.82, 2.24) is 5.32 Å². The van der Waals surface area contributed by atoms with E-state index < -0.39 is 11.7 Å². The lowest BCUT2D eigenvalue weighted by Gasteiger charge is -2.19. The highest BCUT2D eigenvalue weighted by molar-refractivity contribution is 5.72. The molecule has 1 atom stereocenters. The number of amides is 1. The number of carbonyl (C=O) groups is 2. The fraction of sp³-hybridized carbons (Fsp3) is 0.895. The molecular formula is C19H37NO6. The molecule has 26 heavy (non-hydrogen) atoms. The maximum Gasteiger partial charge on any atom is 0.407 e. The number of hydrogen-bond donors (Lipinski definition) is 1. The van der Waals surface area contributed by atoms with E-state index in [1.807, 2.05) is 27.7 Å². The summed E-state index contributed by atoms with van der Waals surface area (Å²) in [4.78, 5) is 23.3. The Morgan fingerprint density at radius 2 is 1.58 bits per heavy atom. The standard InChI is InChI=1S/C19H37NO6/c1-6-8-9-16(7-2)17(21)25-15-14-24-13-12-23-11-10-20-18(22)26-19(3,4)5/h16H,6-15H2,1-5H3,(H,20,22). The number of nitrogens with one attached hydrogen (secondary N) is 1. The predicted molar refractivity (Wildman–Crippen MR) is 100 cm³/mol. The van der Waals surface area contributed by atoms with E-state index in [1.54, 1.807) is 0 Å². The molecule has 0 aromatic heterocycles. The van der Waals surface area contributed by atoms with Gasteiger partial charge in [0.15, 0.2) is 0 Å². The number of esters is 1. The first-order valence-corrected chi connectivity index (χ1v) is 9.59. The molecule has 0 aliphatic heterocycles. The second kappa shape index (κ2) is 14.8. The summed E-state index contributed by atoms with van der Waals surface area (Å²) < 4.78 is 21.0. The third-order valence-corrected chi connectivity index (χ3v) is 3.49. The molecule has 0 aromatic rings. The molecule has 1 N–H and O–H groups in total. The van der Waals surface area contributed by atoms with E-state index in [1.165, 1.54) is 0 Å². The number of carbonyl (C=O) groups excluding carboxylic acids is 2. The summed E-state index contributed by atoms with van der Waals surface area (Å²) in [5, 5.41) is 2.61. The lowest BCUT2D eigenvalue weighted by Crippen LogP contribution is -2.34. The minimum absolute atomic E-state index is 0.00393. The Kier molecular flexibility index (Phi) is 14.0. The molecule has 0 saturated heterocycles. The summed E-state index contributed by atoms with van der Waals surface area (Å²) in [5.41, 5.74) is -0.505. The third kappa shape index (κ3) is 15.0. The number of hydrogen-bond acceptors (Lipinski definition) is 6. The first-order valence-electron chi connectivity index (χ1n) is 9.59. The molecule has 0 radical (unpaired) electrons. The SMILES string of the molecule is CCCCC(CC)C(=O)OCCOCCOCCNC(=O)OC(C)(C)C. The van der Waals surface area contributed by atoms with Crippen LogP contribution >= 0.6 is 0 Å². The van der Waals surface area contributed by atoms with Gasteiger partial charge in [-0.25, -0.2) is 4.79 Å². The van der Waals surface area contributed by atoms with Gasteiger partial charge in [-0.1, -0.05) is 26.7 Å². The van der Waals surface area contributed by atoms with Gasteiger partial charge >= 0.3 is 12.1 Å². The highest BCUT2D eigenvalue weighted by Crippen LogP contribution is 2.14. The van der Waals surface area contributed by atoms with Crippen molar-refractivity contribution >= 4 is 12.1 Å². The maximum absolute atomic E-state index is 11.9. The Balaban J connectivity index is 3.48. The zero-order chi connectivity index (χ0) is 19.8. The predicted octanol–water partition coefficient (Wildman–Crippen LogP) is 3.30. The van der Waals surface area contributed by atoms with E-state index in [2.05, 4.69) is 12.2 Å². The first-order chi connectivity index (χ1) is 12.3. The van der Waals surface area contributed by atoms with E-state index in [0.717, 1.165) is 25.7 Å². The molecule has 7 heteroatoms. The van der Waals surface area contributed by atoms with Gasteiger partial charge in [0, 0.05) is 6.54 Å². The van der Waals surface area contributed by atoms with Crippen LogP contribution < -0.4 is 5.32 Å². The Labute approximate surface area is 158 Å². The first kappa shape index (κ1) is 24.7. The van der Waals surface area contributed by atoms with E-state index in [4.69, 9.17) is 18.9 Å². The van der Waals surface area contributed by atoms with Crippen molar-refractivity contribution in [3.63, 3.8) is 0 Å². The normalized spacial score (nSPS) is 12.5. The minimum atomic E-state index is -0.505. The monoisotopic (exact) mass is 375 g/mol.